The molecular formula is C17H15N3. The third-order valence-electron chi connectivity index (χ3n) is 3.82. The molecule has 0 amide bonds. The van der Waals surface area contributed by atoms with Crippen molar-refractivity contribution in [2.75, 3.05) is 5.32 Å². The van der Waals surface area contributed by atoms with Gasteiger partial charge in [0.15, 0.2) is 0 Å². The summed E-state index contributed by atoms with van der Waals surface area (Å²) in [5.74, 6) is 1.32. The lowest BCUT2D eigenvalue weighted by molar-refractivity contribution is 1.01. The number of aromatic nitrogens is 2. The van der Waals surface area contributed by atoms with Crippen molar-refractivity contribution in [2.45, 2.75) is 18.4 Å². The molecule has 0 radical (unpaired) electrons. The Bertz CT molecular complexity index is 739. The first kappa shape index (κ1) is 11.4. The quantitative estimate of drug-likeness (QED) is 0.782. The molecule has 3 aromatic rings. The van der Waals surface area contributed by atoms with Gasteiger partial charge in [-0.15, -0.1) is 0 Å². The Kier molecular flexibility index (Phi) is 2.62. The monoisotopic (exact) mass is 261 g/mol. The van der Waals surface area contributed by atoms with E-state index in [2.05, 4.69) is 45.6 Å². The molecule has 2 unspecified atom stereocenters. The van der Waals surface area contributed by atoms with Gasteiger partial charge in [0.05, 0.1) is 5.52 Å². The minimum absolute atomic E-state index is 0.457. The average Bonchev–Trinajstić information content (AvgIpc) is 3.27. The van der Waals surface area contributed by atoms with Crippen molar-refractivity contribution in [3.05, 3.63) is 66.4 Å². The number of fused-ring (bicyclic) bond motifs is 1. The van der Waals surface area contributed by atoms with Gasteiger partial charge in [-0.2, -0.15) is 0 Å². The van der Waals surface area contributed by atoms with Crippen LogP contribution in [0.2, 0.25) is 0 Å². The number of nitrogens with zero attached hydrogens (tertiary/aromatic N) is 2. The van der Waals surface area contributed by atoms with Crippen LogP contribution in [0.15, 0.2) is 60.8 Å². The number of benzene rings is 2. The van der Waals surface area contributed by atoms with Crippen LogP contribution in [0.1, 0.15) is 17.9 Å². The molecule has 1 aliphatic carbocycles. The summed E-state index contributed by atoms with van der Waals surface area (Å²) in [7, 11) is 0. The van der Waals surface area contributed by atoms with Gasteiger partial charge >= 0.3 is 0 Å². The molecular weight excluding hydrogens is 246 g/mol. The van der Waals surface area contributed by atoms with Crippen molar-refractivity contribution < 1.29 is 0 Å². The van der Waals surface area contributed by atoms with Gasteiger partial charge in [0.25, 0.3) is 0 Å². The summed E-state index contributed by atoms with van der Waals surface area (Å²) < 4.78 is 0. The van der Waals surface area contributed by atoms with E-state index >= 15 is 0 Å². The standard InChI is InChI=1S/C17H15N3/c1-2-6-12(7-3-1)14-10-16(14)20-17-18-11-13-8-4-5-9-15(13)19-17/h1-9,11,14,16H,10H2,(H,18,19,20). The molecule has 0 bridgehead atoms. The molecule has 3 nitrogen and oxygen atoms in total. The molecule has 1 saturated carbocycles. The Morgan fingerprint density at radius 1 is 0.950 bits per heavy atom. The van der Waals surface area contributed by atoms with Gasteiger partial charge in [-0.1, -0.05) is 48.5 Å². The first-order chi connectivity index (χ1) is 9.90. The molecule has 2 aromatic carbocycles. The largest absolute Gasteiger partial charge is 0.351 e. The van der Waals surface area contributed by atoms with Gasteiger partial charge in [0.2, 0.25) is 5.95 Å². The average molecular weight is 261 g/mol. The smallest absolute Gasteiger partial charge is 0.223 e. The highest BCUT2D eigenvalue weighted by atomic mass is 15.1. The van der Waals surface area contributed by atoms with Crippen LogP contribution >= 0.6 is 0 Å². The fourth-order valence-electron chi connectivity index (χ4n) is 2.63. The van der Waals surface area contributed by atoms with E-state index in [0.717, 1.165) is 23.3 Å². The summed E-state index contributed by atoms with van der Waals surface area (Å²) in [5, 5.41) is 4.51. The summed E-state index contributed by atoms with van der Waals surface area (Å²) >= 11 is 0. The maximum atomic E-state index is 4.56. The minimum Gasteiger partial charge on any atom is -0.351 e. The van der Waals surface area contributed by atoms with Crippen molar-refractivity contribution in [1.29, 1.82) is 0 Å². The second-order valence-electron chi connectivity index (χ2n) is 5.26. The maximum Gasteiger partial charge on any atom is 0.223 e. The Morgan fingerprint density at radius 3 is 2.65 bits per heavy atom. The van der Waals surface area contributed by atoms with Crippen LogP contribution in [0.3, 0.4) is 0 Å². The summed E-state index contributed by atoms with van der Waals surface area (Å²) in [4.78, 5) is 8.95. The zero-order valence-electron chi connectivity index (χ0n) is 11.0. The molecule has 1 fully saturated rings. The van der Waals surface area contributed by atoms with Crippen molar-refractivity contribution in [2.24, 2.45) is 0 Å². The Morgan fingerprint density at radius 2 is 1.75 bits per heavy atom. The van der Waals surface area contributed by atoms with E-state index in [1.165, 1.54) is 5.56 Å². The van der Waals surface area contributed by atoms with Crippen LogP contribution in [0, 0.1) is 0 Å². The topological polar surface area (TPSA) is 37.8 Å². The molecule has 20 heavy (non-hydrogen) atoms. The van der Waals surface area contributed by atoms with E-state index in [1.807, 2.05) is 30.5 Å². The number of rotatable bonds is 3. The zero-order valence-corrected chi connectivity index (χ0v) is 11.0. The maximum absolute atomic E-state index is 4.56. The molecule has 0 spiro atoms. The Hall–Kier alpha value is -2.42. The predicted octanol–water partition coefficient (Wildman–Crippen LogP) is 3.60. The number of anilines is 1. The van der Waals surface area contributed by atoms with Gasteiger partial charge < -0.3 is 5.32 Å². The van der Waals surface area contributed by atoms with Gasteiger partial charge in [0.1, 0.15) is 0 Å². The molecule has 98 valence electrons. The fourth-order valence-corrected chi connectivity index (χ4v) is 2.63. The van der Waals surface area contributed by atoms with E-state index in [4.69, 9.17) is 0 Å². The summed E-state index contributed by atoms with van der Waals surface area (Å²) in [6.45, 7) is 0. The van der Waals surface area contributed by atoms with Crippen molar-refractivity contribution >= 4 is 16.9 Å². The third kappa shape index (κ3) is 2.11. The highest BCUT2D eigenvalue weighted by Gasteiger charge is 2.38. The van der Waals surface area contributed by atoms with Gasteiger partial charge in [-0.05, 0) is 18.1 Å². The lowest BCUT2D eigenvalue weighted by Crippen LogP contribution is -2.07. The number of hydrogen-bond donors (Lipinski definition) is 1. The first-order valence-corrected chi connectivity index (χ1v) is 6.93. The van der Waals surface area contributed by atoms with E-state index < -0.39 is 0 Å². The van der Waals surface area contributed by atoms with Crippen molar-refractivity contribution in [3.63, 3.8) is 0 Å². The van der Waals surface area contributed by atoms with E-state index in [-0.39, 0.29) is 0 Å². The number of para-hydroxylation sites is 1. The second kappa shape index (κ2) is 4.60. The molecule has 1 N–H and O–H groups in total. The Labute approximate surface area is 117 Å². The fraction of sp³-hybridized carbons (Fsp3) is 0.176. The molecule has 3 heteroatoms. The highest BCUT2D eigenvalue weighted by molar-refractivity contribution is 5.78. The third-order valence-corrected chi connectivity index (χ3v) is 3.82. The second-order valence-corrected chi connectivity index (χ2v) is 5.26. The Balaban J connectivity index is 1.52. The van der Waals surface area contributed by atoms with E-state index in [9.17, 15) is 0 Å². The van der Waals surface area contributed by atoms with Crippen LogP contribution in [0.25, 0.3) is 10.9 Å². The summed E-state index contributed by atoms with van der Waals surface area (Å²) in [6.07, 6.45) is 3.03. The summed E-state index contributed by atoms with van der Waals surface area (Å²) in [5.41, 5.74) is 2.38. The van der Waals surface area contributed by atoms with Crippen LogP contribution in [-0.2, 0) is 0 Å². The molecule has 1 heterocycles. The predicted molar refractivity (Wildman–Crippen MR) is 80.7 cm³/mol. The van der Waals surface area contributed by atoms with Crippen molar-refractivity contribution in [3.8, 4) is 0 Å². The lowest BCUT2D eigenvalue weighted by Gasteiger charge is -2.05. The normalized spacial score (nSPS) is 20.8. The molecule has 1 aliphatic rings. The zero-order chi connectivity index (χ0) is 13.4. The first-order valence-electron chi connectivity index (χ1n) is 6.93. The van der Waals surface area contributed by atoms with Gasteiger partial charge in [0, 0.05) is 23.5 Å². The van der Waals surface area contributed by atoms with Gasteiger partial charge in [-0.25, -0.2) is 9.97 Å². The van der Waals surface area contributed by atoms with Crippen LogP contribution in [0.4, 0.5) is 5.95 Å². The molecule has 1 aromatic heterocycles. The van der Waals surface area contributed by atoms with E-state index in [0.29, 0.717) is 12.0 Å². The van der Waals surface area contributed by atoms with Gasteiger partial charge in [-0.3, -0.25) is 0 Å². The van der Waals surface area contributed by atoms with Crippen LogP contribution < -0.4 is 5.32 Å². The molecule has 0 saturated heterocycles. The number of nitrogens with one attached hydrogen (secondary N) is 1. The van der Waals surface area contributed by atoms with E-state index in [1.54, 1.807) is 0 Å². The highest BCUT2D eigenvalue weighted by Crippen LogP contribution is 2.42. The van der Waals surface area contributed by atoms with Crippen molar-refractivity contribution in [1.82, 2.24) is 9.97 Å². The SMILES string of the molecule is c1ccc(C2CC2Nc2ncc3ccccc3n2)cc1. The summed E-state index contributed by atoms with van der Waals surface area (Å²) in [6, 6.07) is 19.1. The number of hydrogen-bond acceptors (Lipinski definition) is 3. The van der Waals surface area contributed by atoms with Crippen LogP contribution in [-0.4, -0.2) is 16.0 Å². The van der Waals surface area contributed by atoms with Crippen LogP contribution in [0.5, 0.6) is 0 Å². The lowest BCUT2D eigenvalue weighted by atomic mass is 10.1. The molecule has 0 aliphatic heterocycles. The molecule has 4 rings (SSSR count). The molecule has 2 atom stereocenters. The minimum atomic E-state index is 0.457.